The SMILES string of the molecule is Cc1nc(Nc2ccc(N3CCNCC3)cc2)nc2c1cc(Br)c(=O)n2C1CCCC1. The molecule has 0 atom stereocenters. The van der Waals surface area contributed by atoms with E-state index in [4.69, 9.17) is 4.98 Å². The molecule has 0 amide bonds. The summed E-state index contributed by atoms with van der Waals surface area (Å²) < 4.78 is 2.45. The molecule has 2 aromatic heterocycles. The largest absolute Gasteiger partial charge is 0.369 e. The van der Waals surface area contributed by atoms with Gasteiger partial charge in [0.2, 0.25) is 5.95 Å². The van der Waals surface area contributed by atoms with Crippen LogP contribution in [0.2, 0.25) is 0 Å². The molecular formula is C23H27BrN6O. The molecule has 162 valence electrons. The molecule has 2 aliphatic rings. The number of halogens is 1. The number of anilines is 3. The summed E-state index contributed by atoms with van der Waals surface area (Å²) in [6.45, 7) is 6.05. The summed E-state index contributed by atoms with van der Waals surface area (Å²) >= 11 is 3.45. The Hall–Kier alpha value is -2.45. The molecule has 31 heavy (non-hydrogen) atoms. The van der Waals surface area contributed by atoms with Crippen molar-refractivity contribution in [3.8, 4) is 0 Å². The number of pyridine rings is 1. The molecule has 0 radical (unpaired) electrons. The van der Waals surface area contributed by atoms with Crippen LogP contribution < -0.4 is 21.1 Å². The molecule has 5 rings (SSSR count). The van der Waals surface area contributed by atoms with Crippen LogP contribution in [0.5, 0.6) is 0 Å². The number of nitrogens with one attached hydrogen (secondary N) is 2. The molecule has 1 aliphatic heterocycles. The maximum absolute atomic E-state index is 13.0. The predicted octanol–water partition coefficient (Wildman–Crippen LogP) is 4.13. The Kier molecular flexibility index (Phi) is 5.67. The zero-order chi connectivity index (χ0) is 21.4. The number of hydrogen-bond donors (Lipinski definition) is 2. The Morgan fingerprint density at radius 1 is 1.10 bits per heavy atom. The third-order valence-electron chi connectivity index (χ3n) is 6.33. The summed E-state index contributed by atoms with van der Waals surface area (Å²) in [5.74, 6) is 0.522. The van der Waals surface area contributed by atoms with Gasteiger partial charge in [-0.05, 0) is 66.0 Å². The van der Waals surface area contributed by atoms with Crippen molar-refractivity contribution in [1.29, 1.82) is 0 Å². The van der Waals surface area contributed by atoms with Gasteiger partial charge in [-0.1, -0.05) is 12.8 Å². The minimum atomic E-state index is -0.0103. The van der Waals surface area contributed by atoms with E-state index in [-0.39, 0.29) is 11.6 Å². The van der Waals surface area contributed by atoms with Crippen LogP contribution in [0.4, 0.5) is 17.3 Å². The molecular weight excluding hydrogens is 456 g/mol. The number of nitrogens with zero attached hydrogens (tertiary/aromatic N) is 4. The average molecular weight is 483 g/mol. The number of piperazine rings is 1. The first-order valence-corrected chi connectivity index (χ1v) is 11.8. The second kappa shape index (κ2) is 8.59. The van der Waals surface area contributed by atoms with Gasteiger partial charge >= 0.3 is 0 Å². The van der Waals surface area contributed by atoms with Crippen LogP contribution in [-0.4, -0.2) is 40.7 Å². The molecule has 8 heteroatoms. The summed E-state index contributed by atoms with van der Waals surface area (Å²) in [5.41, 5.74) is 3.72. The molecule has 1 saturated carbocycles. The van der Waals surface area contributed by atoms with Crippen LogP contribution >= 0.6 is 15.9 Å². The maximum atomic E-state index is 13.0. The summed E-state index contributed by atoms with van der Waals surface area (Å²) in [4.78, 5) is 24.8. The lowest BCUT2D eigenvalue weighted by atomic mass is 10.2. The molecule has 1 aromatic carbocycles. The van der Waals surface area contributed by atoms with Gasteiger partial charge in [-0.25, -0.2) is 4.98 Å². The van der Waals surface area contributed by atoms with Crippen molar-refractivity contribution in [2.24, 2.45) is 0 Å². The number of hydrogen-bond acceptors (Lipinski definition) is 6. The van der Waals surface area contributed by atoms with Crippen LogP contribution in [0.3, 0.4) is 0 Å². The number of fused-ring (bicyclic) bond motifs is 1. The van der Waals surface area contributed by atoms with Gasteiger partial charge in [0.05, 0.1) is 10.2 Å². The van der Waals surface area contributed by atoms with Crippen LogP contribution in [-0.2, 0) is 0 Å². The van der Waals surface area contributed by atoms with E-state index < -0.39 is 0 Å². The van der Waals surface area contributed by atoms with Crippen LogP contribution in [0, 0.1) is 6.92 Å². The van der Waals surface area contributed by atoms with Gasteiger partial charge in [0.25, 0.3) is 5.56 Å². The summed E-state index contributed by atoms with van der Waals surface area (Å²) in [7, 11) is 0. The topological polar surface area (TPSA) is 75.1 Å². The van der Waals surface area contributed by atoms with Crippen molar-refractivity contribution < 1.29 is 0 Å². The van der Waals surface area contributed by atoms with Crippen LogP contribution in [0.1, 0.15) is 37.4 Å². The highest BCUT2D eigenvalue weighted by Crippen LogP contribution is 2.32. The van der Waals surface area contributed by atoms with Crippen molar-refractivity contribution in [2.45, 2.75) is 38.6 Å². The smallest absolute Gasteiger partial charge is 0.266 e. The zero-order valence-electron chi connectivity index (χ0n) is 17.7. The average Bonchev–Trinajstić information content (AvgIpc) is 3.31. The number of aryl methyl sites for hydroxylation is 1. The lowest BCUT2D eigenvalue weighted by Gasteiger charge is -2.29. The van der Waals surface area contributed by atoms with Crippen LogP contribution in [0.25, 0.3) is 11.0 Å². The molecule has 2 N–H and O–H groups in total. The van der Waals surface area contributed by atoms with Gasteiger partial charge in [0.1, 0.15) is 5.65 Å². The van der Waals surface area contributed by atoms with Gasteiger partial charge in [0, 0.05) is 49.0 Å². The maximum Gasteiger partial charge on any atom is 0.266 e. The van der Waals surface area contributed by atoms with Crippen molar-refractivity contribution in [2.75, 3.05) is 36.4 Å². The van der Waals surface area contributed by atoms with Gasteiger partial charge in [0.15, 0.2) is 0 Å². The minimum Gasteiger partial charge on any atom is -0.369 e. The molecule has 1 aliphatic carbocycles. The lowest BCUT2D eigenvalue weighted by molar-refractivity contribution is 0.514. The Morgan fingerprint density at radius 3 is 2.52 bits per heavy atom. The molecule has 2 fully saturated rings. The number of rotatable bonds is 4. The van der Waals surface area contributed by atoms with Gasteiger partial charge in [-0.2, -0.15) is 4.98 Å². The molecule has 0 spiro atoms. The van der Waals surface area contributed by atoms with E-state index in [0.717, 1.165) is 68.6 Å². The highest BCUT2D eigenvalue weighted by atomic mass is 79.9. The molecule has 0 bridgehead atoms. The quantitative estimate of drug-likeness (QED) is 0.582. The van der Waals surface area contributed by atoms with Crippen LogP contribution in [0.15, 0.2) is 39.6 Å². The van der Waals surface area contributed by atoms with Crippen molar-refractivity contribution in [3.63, 3.8) is 0 Å². The van der Waals surface area contributed by atoms with E-state index in [1.807, 2.05) is 17.6 Å². The van der Waals surface area contributed by atoms with Gasteiger partial charge in [-0.15, -0.1) is 0 Å². The fraction of sp³-hybridized carbons (Fsp3) is 0.435. The zero-order valence-corrected chi connectivity index (χ0v) is 19.3. The number of aromatic nitrogens is 3. The van der Waals surface area contributed by atoms with E-state index in [1.165, 1.54) is 5.69 Å². The van der Waals surface area contributed by atoms with Gasteiger partial charge < -0.3 is 15.5 Å². The van der Waals surface area contributed by atoms with E-state index in [9.17, 15) is 4.79 Å². The van der Waals surface area contributed by atoms with Gasteiger partial charge in [-0.3, -0.25) is 9.36 Å². The fourth-order valence-electron chi connectivity index (χ4n) is 4.68. The van der Waals surface area contributed by atoms with E-state index in [1.54, 1.807) is 0 Å². The first kappa shape index (κ1) is 20.5. The molecule has 3 heterocycles. The van der Waals surface area contributed by atoms with E-state index >= 15 is 0 Å². The van der Waals surface area contributed by atoms with E-state index in [2.05, 4.69) is 60.7 Å². The minimum absolute atomic E-state index is 0.0103. The Labute approximate surface area is 190 Å². The Bertz CT molecular complexity index is 1150. The third kappa shape index (κ3) is 4.06. The molecule has 0 unspecified atom stereocenters. The first-order chi connectivity index (χ1) is 15.1. The molecule has 1 saturated heterocycles. The first-order valence-electron chi connectivity index (χ1n) is 11.0. The monoisotopic (exact) mass is 482 g/mol. The Balaban J connectivity index is 1.48. The summed E-state index contributed by atoms with van der Waals surface area (Å²) in [6.07, 6.45) is 4.34. The van der Waals surface area contributed by atoms with Crippen molar-refractivity contribution in [1.82, 2.24) is 19.9 Å². The normalized spacial score (nSPS) is 17.4. The second-order valence-corrected chi connectivity index (χ2v) is 9.24. The number of benzene rings is 1. The Morgan fingerprint density at radius 2 is 1.81 bits per heavy atom. The van der Waals surface area contributed by atoms with Crippen molar-refractivity contribution >= 4 is 44.3 Å². The third-order valence-corrected chi connectivity index (χ3v) is 6.90. The summed E-state index contributed by atoms with van der Waals surface area (Å²) in [6, 6.07) is 10.4. The standard InChI is InChI=1S/C23H27BrN6O/c1-15-19-14-20(24)22(31)30(18-4-2-3-5-18)21(19)28-23(26-15)27-16-6-8-17(9-7-16)29-12-10-25-11-13-29/h6-9,14,18,25H,2-5,10-13H2,1H3,(H,26,27,28). The van der Waals surface area contributed by atoms with Crippen molar-refractivity contribution in [3.05, 3.63) is 50.9 Å². The fourth-order valence-corrected chi connectivity index (χ4v) is 5.10. The predicted molar refractivity (Wildman–Crippen MR) is 129 cm³/mol. The highest BCUT2D eigenvalue weighted by Gasteiger charge is 2.23. The molecule has 7 nitrogen and oxygen atoms in total. The lowest BCUT2D eigenvalue weighted by Crippen LogP contribution is -2.43. The second-order valence-electron chi connectivity index (χ2n) is 8.38. The van der Waals surface area contributed by atoms with E-state index in [0.29, 0.717) is 16.1 Å². The molecule has 3 aromatic rings. The summed E-state index contributed by atoms with van der Waals surface area (Å²) in [5, 5.41) is 7.64. The highest BCUT2D eigenvalue weighted by molar-refractivity contribution is 9.10.